The molecule has 0 saturated heterocycles. The zero-order chi connectivity index (χ0) is 17.6. The van der Waals surface area contributed by atoms with E-state index >= 15 is 0 Å². The number of furan rings is 1. The molecule has 0 aliphatic heterocycles. The number of hydrogen-bond donors (Lipinski definition) is 1. The summed E-state index contributed by atoms with van der Waals surface area (Å²) in [6.07, 6.45) is 4.67. The molecule has 0 atom stereocenters. The van der Waals surface area contributed by atoms with Crippen LogP contribution in [0, 0.1) is 0 Å². The number of nitrogens with one attached hydrogen (secondary N) is 1. The summed E-state index contributed by atoms with van der Waals surface area (Å²) in [7, 11) is 0. The van der Waals surface area contributed by atoms with Gasteiger partial charge < -0.3 is 14.5 Å². The van der Waals surface area contributed by atoms with Crippen LogP contribution in [0.2, 0.25) is 10.0 Å². The Morgan fingerprint density at radius 2 is 2.04 bits per heavy atom. The first kappa shape index (κ1) is 17.3. The third kappa shape index (κ3) is 4.49. The summed E-state index contributed by atoms with van der Waals surface area (Å²) in [6, 6.07) is 8.33. The fourth-order valence-electron chi connectivity index (χ4n) is 2.08. The molecule has 0 saturated carbocycles. The molecule has 0 radical (unpaired) electrons. The largest absolute Gasteiger partial charge is 0.482 e. The van der Waals surface area contributed by atoms with Crippen LogP contribution in [-0.4, -0.2) is 22.5 Å². The number of carbonyl (C=O) groups excluding carboxylic acids is 1. The fraction of sp³-hybridized carbons (Fsp3) is 0.118. The Balaban J connectivity index is 1.58. The maximum Gasteiger partial charge on any atom is 0.258 e. The Labute approximate surface area is 153 Å². The molecule has 0 bridgehead atoms. The van der Waals surface area contributed by atoms with E-state index in [1.165, 1.54) is 0 Å². The molecule has 3 aromatic rings. The monoisotopic (exact) mass is 377 g/mol. The van der Waals surface area contributed by atoms with Crippen molar-refractivity contribution in [2.45, 2.75) is 6.54 Å². The molecule has 0 fully saturated rings. The van der Waals surface area contributed by atoms with Crippen LogP contribution in [0.1, 0.15) is 5.69 Å². The normalized spacial score (nSPS) is 10.5. The van der Waals surface area contributed by atoms with Crippen LogP contribution < -0.4 is 10.1 Å². The van der Waals surface area contributed by atoms with Gasteiger partial charge in [0.25, 0.3) is 5.91 Å². The lowest BCUT2D eigenvalue weighted by atomic mass is 10.2. The number of aromatic nitrogens is 2. The Bertz CT molecular complexity index is 869. The van der Waals surface area contributed by atoms with Crippen LogP contribution >= 0.6 is 23.2 Å². The van der Waals surface area contributed by atoms with Gasteiger partial charge in [0, 0.05) is 17.4 Å². The molecular formula is C17H13Cl2N3O3. The molecule has 0 spiro atoms. The Morgan fingerprint density at radius 1 is 1.20 bits per heavy atom. The number of hydrogen-bond acceptors (Lipinski definition) is 5. The standard InChI is InChI=1S/C17H13Cl2N3O3/c18-11-3-4-14(12(19)8-11)25-10-16(23)22-9-13-17(21-6-5-20-13)15-2-1-7-24-15/h1-8H,9-10H2,(H,22,23). The van der Waals surface area contributed by atoms with Crippen LogP contribution in [0.15, 0.2) is 53.4 Å². The van der Waals surface area contributed by atoms with E-state index in [4.69, 9.17) is 32.4 Å². The highest BCUT2D eigenvalue weighted by Gasteiger charge is 2.12. The molecule has 2 aromatic heterocycles. The average Bonchev–Trinajstić information content (AvgIpc) is 3.14. The lowest BCUT2D eigenvalue weighted by molar-refractivity contribution is -0.123. The minimum atomic E-state index is -0.318. The molecule has 1 amide bonds. The summed E-state index contributed by atoms with van der Waals surface area (Å²) in [6.45, 7) is 0.0120. The van der Waals surface area contributed by atoms with Gasteiger partial charge in [-0.1, -0.05) is 23.2 Å². The molecule has 8 heteroatoms. The van der Waals surface area contributed by atoms with Crippen molar-refractivity contribution in [3.63, 3.8) is 0 Å². The first-order valence-electron chi connectivity index (χ1n) is 7.32. The molecule has 128 valence electrons. The Hall–Kier alpha value is -2.57. The second-order valence-corrected chi connectivity index (χ2v) is 5.81. The minimum Gasteiger partial charge on any atom is -0.482 e. The number of amides is 1. The SMILES string of the molecule is O=C(COc1ccc(Cl)cc1Cl)NCc1nccnc1-c1ccco1. The zero-order valence-electron chi connectivity index (χ0n) is 12.9. The molecule has 0 unspecified atom stereocenters. The van der Waals surface area contributed by atoms with Gasteiger partial charge in [-0.2, -0.15) is 0 Å². The topological polar surface area (TPSA) is 77.2 Å². The molecule has 0 aliphatic carbocycles. The van der Waals surface area contributed by atoms with Crippen molar-refractivity contribution in [1.29, 1.82) is 0 Å². The predicted molar refractivity (Wildman–Crippen MR) is 93.5 cm³/mol. The summed E-state index contributed by atoms with van der Waals surface area (Å²) < 4.78 is 10.7. The summed E-state index contributed by atoms with van der Waals surface area (Å²) in [5, 5.41) is 3.56. The van der Waals surface area contributed by atoms with E-state index in [9.17, 15) is 4.79 Å². The van der Waals surface area contributed by atoms with E-state index in [1.807, 2.05) is 0 Å². The number of nitrogens with zero attached hydrogens (tertiary/aromatic N) is 2. The van der Waals surface area contributed by atoms with Crippen molar-refractivity contribution < 1.29 is 13.9 Å². The van der Waals surface area contributed by atoms with Gasteiger partial charge in [-0.25, -0.2) is 4.98 Å². The highest BCUT2D eigenvalue weighted by atomic mass is 35.5. The average molecular weight is 378 g/mol. The van der Waals surface area contributed by atoms with Crippen molar-refractivity contribution in [3.8, 4) is 17.2 Å². The van der Waals surface area contributed by atoms with E-state index in [0.29, 0.717) is 32.9 Å². The summed E-state index contributed by atoms with van der Waals surface area (Å²) in [4.78, 5) is 20.5. The third-order valence-electron chi connectivity index (χ3n) is 3.23. The first-order valence-corrected chi connectivity index (χ1v) is 8.07. The van der Waals surface area contributed by atoms with E-state index in [-0.39, 0.29) is 19.1 Å². The van der Waals surface area contributed by atoms with Crippen LogP contribution in [0.3, 0.4) is 0 Å². The number of benzene rings is 1. The van der Waals surface area contributed by atoms with Crippen molar-refractivity contribution in [2.75, 3.05) is 6.61 Å². The van der Waals surface area contributed by atoms with Crippen LogP contribution in [0.4, 0.5) is 0 Å². The molecule has 25 heavy (non-hydrogen) atoms. The zero-order valence-corrected chi connectivity index (χ0v) is 14.4. The van der Waals surface area contributed by atoms with Crippen LogP contribution in [0.25, 0.3) is 11.5 Å². The fourth-order valence-corrected chi connectivity index (χ4v) is 2.55. The molecule has 2 heterocycles. The van der Waals surface area contributed by atoms with Crippen LogP contribution in [-0.2, 0) is 11.3 Å². The molecule has 0 aliphatic rings. The molecule has 3 rings (SSSR count). The summed E-state index contributed by atoms with van der Waals surface area (Å²) in [5.41, 5.74) is 1.17. The molecule has 1 N–H and O–H groups in total. The maximum atomic E-state index is 12.0. The molecular weight excluding hydrogens is 365 g/mol. The summed E-state index contributed by atoms with van der Waals surface area (Å²) in [5.74, 6) is 0.653. The van der Waals surface area contributed by atoms with Gasteiger partial charge in [0.05, 0.1) is 23.5 Å². The third-order valence-corrected chi connectivity index (χ3v) is 3.76. The van der Waals surface area contributed by atoms with Gasteiger partial charge in [0.2, 0.25) is 0 Å². The Morgan fingerprint density at radius 3 is 2.80 bits per heavy atom. The van der Waals surface area contributed by atoms with Gasteiger partial charge in [-0.3, -0.25) is 9.78 Å². The minimum absolute atomic E-state index is 0.183. The van der Waals surface area contributed by atoms with Crippen molar-refractivity contribution in [2.24, 2.45) is 0 Å². The smallest absolute Gasteiger partial charge is 0.258 e. The van der Waals surface area contributed by atoms with E-state index < -0.39 is 0 Å². The predicted octanol–water partition coefficient (Wildman–Crippen LogP) is 3.74. The number of rotatable bonds is 6. The second kappa shape index (κ2) is 8.00. The number of halogens is 2. The van der Waals surface area contributed by atoms with E-state index in [1.54, 1.807) is 49.0 Å². The van der Waals surface area contributed by atoms with Crippen molar-refractivity contribution in [3.05, 3.63) is 64.7 Å². The van der Waals surface area contributed by atoms with E-state index in [0.717, 1.165) is 0 Å². The van der Waals surface area contributed by atoms with Crippen molar-refractivity contribution >= 4 is 29.1 Å². The maximum absolute atomic E-state index is 12.0. The van der Waals surface area contributed by atoms with Crippen LogP contribution in [0.5, 0.6) is 5.75 Å². The quantitative estimate of drug-likeness (QED) is 0.707. The highest BCUT2D eigenvalue weighted by Crippen LogP contribution is 2.27. The van der Waals surface area contributed by atoms with Gasteiger partial charge in [-0.15, -0.1) is 0 Å². The summed E-state index contributed by atoms with van der Waals surface area (Å²) >= 11 is 11.8. The van der Waals surface area contributed by atoms with Crippen molar-refractivity contribution in [1.82, 2.24) is 15.3 Å². The highest BCUT2D eigenvalue weighted by molar-refractivity contribution is 6.35. The lowest BCUT2D eigenvalue weighted by Crippen LogP contribution is -2.29. The lowest BCUT2D eigenvalue weighted by Gasteiger charge is -2.10. The number of carbonyl (C=O) groups is 1. The number of ether oxygens (including phenoxy) is 1. The van der Waals surface area contributed by atoms with Gasteiger partial charge in [-0.05, 0) is 30.3 Å². The Kier molecular flexibility index (Phi) is 5.53. The van der Waals surface area contributed by atoms with Gasteiger partial charge >= 0.3 is 0 Å². The van der Waals surface area contributed by atoms with E-state index in [2.05, 4.69) is 15.3 Å². The van der Waals surface area contributed by atoms with Gasteiger partial charge in [0.1, 0.15) is 11.4 Å². The second-order valence-electron chi connectivity index (χ2n) is 4.97. The van der Waals surface area contributed by atoms with Gasteiger partial charge in [0.15, 0.2) is 12.4 Å². The first-order chi connectivity index (χ1) is 12.1. The molecule has 6 nitrogen and oxygen atoms in total. The molecule has 1 aromatic carbocycles.